The highest BCUT2D eigenvalue weighted by atomic mass is 79.9. The zero-order valence-electron chi connectivity index (χ0n) is 10.8. The van der Waals surface area contributed by atoms with Gasteiger partial charge in [0.25, 0.3) is 0 Å². The van der Waals surface area contributed by atoms with Crippen molar-refractivity contribution < 1.29 is 4.79 Å². The molecular weight excluding hydrogens is 358 g/mol. The van der Waals surface area contributed by atoms with Crippen LogP contribution in [0.1, 0.15) is 25.8 Å². The van der Waals surface area contributed by atoms with E-state index in [1.165, 1.54) is 0 Å². The van der Waals surface area contributed by atoms with E-state index in [0.29, 0.717) is 13.0 Å². The maximum Gasteiger partial charge on any atom is 0.224 e. The number of nitrogens with one attached hydrogen (secondary N) is 1. The number of rotatable bonds is 6. The van der Waals surface area contributed by atoms with E-state index in [9.17, 15) is 4.79 Å². The number of carbonyl (C=O) groups is 1. The van der Waals surface area contributed by atoms with Crippen LogP contribution in [0.2, 0.25) is 0 Å². The Morgan fingerprint density at radius 2 is 1.89 bits per heavy atom. The average molecular weight is 377 g/mol. The Balaban J connectivity index is 2.40. The summed E-state index contributed by atoms with van der Waals surface area (Å²) in [4.78, 5) is 11.8. The maximum atomic E-state index is 11.8. The molecule has 0 unspecified atom stereocenters. The third-order valence-corrected chi connectivity index (χ3v) is 3.74. The van der Waals surface area contributed by atoms with Gasteiger partial charge < -0.3 is 5.32 Å². The van der Waals surface area contributed by atoms with Crippen LogP contribution >= 0.6 is 31.9 Å². The molecule has 1 aromatic carbocycles. The highest BCUT2D eigenvalue weighted by Crippen LogP contribution is 2.20. The minimum Gasteiger partial charge on any atom is -0.355 e. The lowest BCUT2D eigenvalue weighted by Gasteiger charge is -2.23. The summed E-state index contributed by atoms with van der Waals surface area (Å²) >= 11 is 6.82. The van der Waals surface area contributed by atoms with E-state index in [1.807, 2.05) is 24.3 Å². The van der Waals surface area contributed by atoms with Crippen LogP contribution in [0.4, 0.5) is 0 Å². The van der Waals surface area contributed by atoms with Gasteiger partial charge in [0.1, 0.15) is 0 Å². The number of alkyl halides is 1. The number of carbonyl (C=O) groups excluding carboxylic acids is 1. The van der Waals surface area contributed by atoms with E-state index in [0.717, 1.165) is 21.8 Å². The lowest BCUT2D eigenvalue weighted by Crippen LogP contribution is -2.35. The molecule has 0 bridgehead atoms. The van der Waals surface area contributed by atoms with Crippen molar-refractivity contribution >= 4 is 37.8 Å². The molecule has 0 heterocycles. The van der Waals surface area contributed by atoms with Gasteiger partial charge in [-0.3, -0.25) is 4.79 Å². The van der Waals surface area contributed by atoms with E-state index in [-0.39, 0.29) is 11.3 Å². The van der Waals surface area contributed by atoms with Crippen LogP contribution in [0.15, 0.2) is 28.7 Å². The lowest BCUT2D eigenvalue weighted by molar-refractivity contribution is -0.120. The van der Waals surface area contributed by atoms with Crippen molar-refractivity contribution in [1.82, 2.24) is 5.32 Å². The summed E-state index contributed by atoms with van der Waals surface area (Å²) in [7, 11) is 0. The van der Waals surface area contributed by atoms with Crippen LogP contribution in [0.3, 0.4) is 0 Å². The third kappa shape index (κ3) is 6.01. The Morgan fingerprint density at radius 1 is 1.28 bits per heavy atom. The van der Waals surface area contributed by atoms with Gasteiger partial charge in [-0.25, -0.2) is 0 Å². The number of halogens is 2. The molecule has 4 heteroatoms. The average Bonchev–Trinajstić information content (AvgIpc) is 2.30. The summed E-state index contributed by atoms with van der Waals surface area (Å²) in [6.45, 7) is 5.04. The van der Waals surface area contributed by atoms with Crippen LogP contribution in [-0.2, 0) is 11.2 Å². The molecule has 1 aromatic rings. The zero-order chi connectivity index (χ0) is 13.6. The van der Waals surface area contributed by atoms with Gasteiger partial charge in [0.2, 0.25) is 5.91 Å². The Labute approximate surface area is 126 Å². The SMILES string of the molecule is CC(C)(CCBr)CNC(=O)Cc1ccc(Br)cc1. The topological polar surface area (TPSA) is 29.1 Å². The molecule has 0 aliphatic rings. The van der Waals surface area contributed by atoms with Gasteiger partial charge in [-0.05, 0) is 29.5 Å². The van der Waals surface area contributed by atoms with Crippen molar-refractivity contribution in [3.63, 3.8) is 0 Å². The monoisotopic (exact) mass is 375 g/mol. The maximum absolute atomic E-state index is 11.8. The first-order valence-corrected chi connectivity index (χ1v) is 7.91. The molecule has 1 N–H and O–H groups in total. The van der Waals surface area contributed by atoms with Crippen molar-refractivity contribution in [1.29, 1.82) is 0 Å². The van der Waals surface area contributed by atoms with Crippen molar-refractivity contribution in [3.8, 4) is 0 Å². The quantitative estimate of drug-likeness (QED) is 0.749. The molecular formula is C14H19Br2NO. The van der Waals surface area contributed by atoms with Gasteiger partial charge >= 0.3 is 0 Å². The second-order valence-corrected chi connectivity index (χ2v) is 6.89. The standard InChI is InChI=1S/C14H19Br2NO/c1-14(2,7-8-15)10-17-13(18)9-11-3-5-12(16)6-4-11/h3-6H,7-10H2,1-2H3,(H,17,18). The number of amides is 1. The molecule has 0 aromatic heterocycles. The van der Waals surface area contributed by atoms with E-state index < -0.39 is 0 Å². The van der Waals surface area contributed by atoms with E-state index >= 15 is 0 Å². The van der Waals surface area contributed by atoms with E-state index in [1.54, 1.807) is 0 Å². The highest BCUT2D eigenvalue weighted by molar-refractivity contribution is 9.10. The van der Waals surface area contributed by atoms with Crippen molar-refractivity contribution in [2.45, 2.75) is 26.7 Å². The van der Waals surface area contributed by atoms with Gasteiger partial charge in [-0.1, -0.05) is 57.8 Å². The van der Waals surface area contributed by atoms with Crippen LogP contribution in [0, 0.1) is 5.41 Å². The summed E-state index contributed by atoms with van der Waals surface area (Å²) in [5, 5.41) is 3.96. The molecule has 0 aliphatic heterocycles. The smallest absolute Gasteiger partial charge is 0.224 e. The minimum atomic E-state index is 0.0833. The summed E-state index contributed by atoms with van der Waals surface area (Å²) in [6, 6.07) is 7.84. The first-order chi connectivity index (χ1) is 8.43. The van der Waals surface area contributed by atoms with Gasteiger partial charge in [0.15, 0.2) is 0 Å². The Bertz CT molecular complexity index is 387. The molecule has 0 spiro atoms. The predicted octanol–water partition coefficient (Wildman–Crippen LogP) is 3.92. The summed E-state index contributed by atoms with van der Waals surface area (Å²) in [5.74, 6) is 0.0833. The molecule has 1 rings (SSSR count). The largest absolute Gasteiger partial charge is 0.355 e. The molecule has 0 saturated heterocycles. The normalized spacial score (nSPS) is 11.3. The van der Waals surface area contributed by atoms with Crippen LogP contribution in [0.5, 0.6) is 0 Å². The van der Waals surface area contributed by atoms with Gasteiger partial charge in [-0.15, -0.1) is 0 Å². The first-order valence-electron chi connectivity index (χ1n) is 6.00. The number of hydrogen-bond acceptors (Lipinski definition) is 1. The molecule has 0 aliphatic carbocycles. The van der Waals surface area contributed by atoms with Crippen LogP contribution < -0.4 is 5.32 Å². The molecule has 0 saturated carbocycles. The third-order valence-electron chi connectivity index (χ3n) is 2.81. The molecule has 0 atom stereocenters. The Kier molecular flexibility index (Phi) is 6.36. The summed E-state index contributed by atoms with van der Waals surface area (Å²) in [5.41, 5.74) is 1.17. The number of hydrogen-bond donors (Lipinski definition) is 1. The molecule has 2 nitrogen and oxygen atoms in total. The fourth-order valence-electron chi connectivity index (χ4n) is 1.53. The second kappa shape index (κ2) is 7.29. The van der Waals surface area contributed by atoms with Crippen LogP contribution in [0.25, 0.3) is 0 Å². The van der Waals surface area contributed by atoms with Gasteiger partial charge in [0.05, 0.1) is 6.42 Å². The van der Waals surface area contributed by atoms with E-state index in [4.69, 9.17) is 0 Å². The fraction of sp³-hybridized carbons (Fsp3) is 0.500. The Hall–Kier alpha value is -0.350. The van der Waals surface area contributed by atoms with Crippen molar-refractivity contribution in [2.75, 3.05) is 11.9 Å². The van der Waals surface area contributed by atoms with Gasteiger partial charge in [-0.2, -0.15) is 0 Å². The van der Waals surface area contributed by atoms with Gasteiger partial charge in [0, 0.05) is 16.3 Å². The Morgan fingerprint density at radius 3 is 2.44 bits per heavy atom. The van der Waals surface area contributed by atoms with E-state index in [2.05, 4.69) is 51.0 Å². The summed E-state index contributed by atoms with van der Waals surface area (Å²) in [6.07, 6.45) is 1.49. The predicted molar refractivity (Wildman–Crippen MR) is 83.0 cm³/mol. The van der Waals surface area contributed by atoms with Crippen LogP contribution in [-0.4, -0.2) is 17.8 Å². The van der Waals surface area contributed by atoms with Crippen molar-refractivity contribution in [2.24, 2.45) is 5.41 Å². The zero-order valence-corrected chi connectivity index (χ0v) is 14.0. The molecule has 0 radical (unpaired) electrons. The fourth-order valence-corrected chi connectivity index (χ4v) is 2.87. The molecule has 18 heavy (non-hydrogen) atoms. The first kappa shape index (κ1) is 15.7. The molecule has 0 fully saturated rings. The molecule has 100 valence electrons. The molecule has 1 amide bonds. The number of benzene rings is 1. The minimum absolute atomic E-state index is 0.0833. The van der Waals surface area contributed by atoms with Crippen molar-refractivity contribution in [3.05, 3.63) is 34.3 Å². The second-order valence-electron chi connectivity index (χ2n) is 5.18. The lowest BCUT2D eigenvalue weighted by atomic mass is 9.90. The highest BCUT2D eigenvalue weighted by Gasteiger charge is 2.17. The summed E-state index contributed by atoms with van der Waals surface area (Å²) < 4.78 is 1.03.